The average molecular weight is 221 g/mol. The molecule has 0 amide bonds. The fraction of sp³-hybridized carbons (Fsp3) is 0.538. The summed E-state index contributed by atoms with van der Waals surface area (Å²) in [6, 6.07) is 6.83. The maximum absolute atomic E-state index is 9.07. The largest absolute Gasteiger partial charge is 0.493 e. The van der Waals surface area contributed by atoms with Crippen LogP contribution in [-0.2, 0) is 11.3 Å². The first-order valence-electron chi connectivity index (χ1n) is 5.46. The van der Waals surface area contributed by atoms with Crippen molar-refractivity contribution in [3.63, 3.8) is 0 Å². The zero-order valence-electron chi connectivity index (χ0n) is 9.75. The minimum Gasteiger partial charge on any atom is -0.493 e. The summed E-state index contributed by atoms with van der Waals surface area (Å²) in [7, 11) is 0. The lowest BCUT2D eigenvalue weighted by molar-refractivity contribution is -0.120. The molecule has 1 aromatic rings. The van der Waals surface area contributed by atoms with Crippen molar-refractivity contribution in [1.29, 1.82) is 0 Å². The van der Waals surface area contributed by atoms with E-state index in [1.54, 1.807) is 0 Å². The zero-order chi connectivity index (χ0) is 11.6. The molecule has 16 heavy (non-hydrogen) atoms. The van der Waals surface area contributed by atoms with Gasteiger partial charge in [0.15, 0.2) is 0 Å². The molecular formula is C13H17O3. The lowest BCUT2D eigenvalue weighted by Crippen LogP contribution is -2.44. The summed E-state index contributed by atoms with van der Waals surface area (Å²) in [6.45, 7) is 6.26. The summed E-state index contributed by atoms with van der Waals surface area (Å²) in [5, 5.41) is 9.07. The molecule has 87 valence electrons. The lowest BCUT2D eigenvalue weighted by atomic mass is 9.90. The number of hydrogen-bond donors (Lipinski definition) is 1. The van der Waals surface area contributed by atoms with Crippen LogP contribution < -0.4 is 4.74 Å². The molecule has 0 saturated carbocycles. The molecule has 1 saturated heterocycles. The van der Waals surface area contributed by atoms with E-state index in [-0.39, 0.29) is 12.0 Å². The third kappa shape index (κ3) is 2.54. The van der Waals surface area contributed by atoms with Crippen molar-refractivity contribution in [1.82, 2.24) is 0 Å². The molecule has 0 atom stereocenters. The van der Waals surface area contributed by atoms with Crippen molar-refractivity contribution in [2.45, 2.75) is 20.5 Å². The zero-order valence-corrected chi connectivity index (χ0v) is 9.75. The normalized spacial score (nSPS) is 17.9. The second-order valence-corrected chi connectivity index (χ2v) is 4.77. The first-order valence-corrected chi connectivity index (χ1v) is 5.46. The van der Waals surface area contributed by atoms with E-state index in [9.17, 15) is 0 Å². The molecule has 0 bridgehead atoms. The van der Waals surface area contributed by atoms with Crippen molar-refractivity contribution < 1.29 is 14.6 Å². The molecule has 0 spiro atoms. The summed E-state index contributed by atoms with van der Waals surface area (Å²) in [6.07, 6.45) is 0. The third-order valence-electron chi connectivity index (χ3n) is 2.69. The molecule has 1 aliphatic heterocycles. The maximum atomic E-state index is 9.07. The molecule has 0 aromatic heterocycles. The molecule has 0 aliphatic carbocycles. The highest BCUT2D eigenvalue weighted by Gasteiger charge is 2.34. The van der Waals surface area contributed by atoms with Gasteiger partial charge in [-0.05, 0) is 36.2 Å². The van der Waals surface area contributed by atoms with Gasteiger partial charge in [-0.15, -0.1) is 0 Å². The van der Waals surface area contributed by atoms with Crippen LogP contribution in [0.15, 0.2) is 12.1 Å². The Morgan fingerprint density at radius 3 is 2.81 bits per heavy atom. The number of rotatable bonds is 4. The van der Waals surface area contributed by atoms with Gasteiger partial charge in [0.25, 0.3) is 0 Å². The van der Waals surface area contributed by atoms with Gasteiger partial charge in [-0.1, -0.05) is 6.92 Å². The van der Waals surface area contributed by atoms with E-state index < -0.39 is 0 Å². The predicted octanol–water partition coefficient (Wildman–Crippen LogP) is 1.70. The molecule has 2 rings (SSSR count). The highest BCUT2D eigenvalue weighted by atomic mass is 16.5. The predicted molar refractivity (Wildman–Crippen MR) is 60.4 cm³/mol. The van der Waals surface area contributed by atoms with E-state index in [0.717, 1.165) is 30.1 Å². The summed E-state index contributed by atoms with van der Waals surface area (Å²) < 4.78 is 10.9. The molecule has 0 unspecified atom stereocenters. The number of aliphatic hydroxyl groups excluding tert-OH is 1. The van der Waals surface area contributed by atoms with Gasteiger partial charge in [-0.3, -0.25) is 0 Å². The third-order valence-corrected chi connectivity index (χ3v) is 2.69. The Morgan fingerprint density at radius 2 is 2.25 bits per heavy atom. The van der Waals surface area contributed by atoms with Crippen LogP contribution in [0, 0.1) is 18.4 Å². The van der Waals surface area contributed by atoms with Crippen molar-refractivity contribution in [2.75, 3.05) is 19.8 Å². The van der Waals surface area contributed by atoms with Crippen molar-refractivity contribution in [2.24, 2.45) is 5.41 Å². The monoisotopic (exact) mass is 221 g/mol. The number of aliphatic hydroxyl groups is 1. The SMILES string of the molecule is Cc1[c]c(CO)cc(OCC2(C)COC2)c1. The summed E-state index contributed by atoms with van der Waals surface area (Å²) in [4.78, 5) is 0. The molecular weight excluding hydrogens is 204 g/mol. The van der Waals surface area contributed by atoms with Gasteiger partial charge in [-0.2, -0.15) is 0 Å². The topological polar surface area (TPSA) is 38.7 Å². The molecule has 1 N–H and O–H groups in total. The van der Waals surface area contributed by atoms with Gasteiger partial charge in [0.05, 0.1) is 26.4 Å². The Balaban J connectivity index is 2.00. The van der Waals surface area contributed by atoms with E-state index in [0.29, 0.717) is 6.61 Å². The van der Waals surface area contributed by atoms with Crippen LogP contribution in [0.25, 0.3) is 0 Å². The smallest absolute Gasteiger partial charge is 0.119 e. The second-order valence-electron chi connectivity index (χ2n) is 4.77. The standard InChI is InChI=1S/C13H17O3/c1-10-3-11(6-14)5-12(4-10)16-9-13(2)7-15-8-13/h4-5,14H,6-9H2,1-2H3. The fourth-order valence-electron chi connectivity index (χ4n) is 1.71. The van der Waals surface area contributed by atoms with Gasteiger partial charge in [-0.25, -0.2) is 0 Å². The van der Waals surface area contributed by atoms with Gasteiger partial charge in [0.1, 0.15) is 5.75 Å². The van der Waals surface area contributed by atoms with Crippen LogP contribution >= 0.6 is 0 Å². The Kier molecular flexibility index (Phi) is 3.17. The summed E-state index contributed by atoms with van der Waals surface area (Å²) in [5.41, 5.74) is 1.90. The van der Waals surface area contributed by atoms with Crippen LogP contribution in [0.4, 0.5) is 0 Å². The molecule has 1 fully saturated rings. The molecule has 1 radical (unpaired) electrons. The van der Waals surface area contributed by atoms with Gasteiger partial charge >= 0.3 is 0 Å². The number of aryl methyl sites for hydroxylation is 1. The number of benzene rings is 1. The first kappa shape index (κ1) is 11.4. The first-order chi connectivity index (χ1) is 7.61. The quantitative estimate of drug-likeness (QED) is 0.841. The van der Waals surface area contributed by atoms with Crippen LogP contribution in [0.3, 0.4) is 0 Å². The average Bonchev–Trinajstić information content (AvgIpc) is 2.23. The molecule has 1 aliphatic rings. The minimum absolute atomic E-state index is 0.00157. The number of hydrogen-bond acceptors (Lipinski definition) is 3. The van der Waals surface area contributed by atoms with E-state index >= 15 is 0 Å². The van der Waals surface area contributed by atoms with Gasteiger partial charge in [0, 0.05) is 5.41 Å². The molecule has 3 nitrogen and oxygen atoms in total. The second kappa shape index (κ2) is 4.44. The van der Waals surface area contributed by atoms with E-state index in [4.69, 9.17) is 14.6 Å². The van der Waals surface area contributed by atoms with Crippen molar-refractivity contribution in [3.05, 3.63) is 29.3 Å². The summed E-state index contributed by atoms with van der Waals surface area (Å²) in [5.74, 6) is 0.799. The molecule has 1 aromatic carbocycles. The molecule has 1 heterocycles. The van der Waals surface area contributed by atoms with Crippen LogP contribution in [0.1, 0.15) is 18.1 Å². The maximum Gasteiger partial charge on any atom is 0.119 e. The van der Waals surface area contributed by atoms with Gasteiger partial charge < -0.3 is 14.6 Å². The van der Waals surface area contributed by atoms with Crippen molar-refractivity contribution in [3.8, 4) is 5.75 Å². The van der Waals surface area contributed by atoms with Crippen LogP contribution in [0.2, 0.25) is 0 Å². The highest BCUT2D eigenvalue weighted by Crippen LogP contribution is 2.28. The van der Waals surface area contributed by atoms with E-state index in [2.05, 4.69) is 13.0 Å². The van der Waals surface area contributed by atoms with Crippen LogP contribution in [-0.4, -0.2) is 24.9 Å². The number of ether oxygens (including phenoxy) is 2. The van der Waals surface area contributed by atoms with E-state index in [1.807, 2.05) is 19.1 Å². The van der Waals surface area contributed by atoms with Gasteiger partial charge in [0.2, 0.25) is 0 Å². The Morgan fingerprint density at radius 1 is 1.50 bits per heavy atom. The Bertz CT molecular complexity index is 369. The lowest BCUT2D eigenvalue weighted by Gasteiger charge is -2.37. The Labute approximate surface area is 96.0 Å². The highest BCUT2D eigenvalue weighted by molar-refractivity contribution is 5.32. The molecule has 3 heteroatoms. The minimum atomic E-state index is -0.00157. The van der Waals surface area contributed by atoms with E-state index in [1.165, 1.54) is 0 Å². The summed E-state index contributed by atoms with van der Waals surface area (Å²) >= 11 is 0. The Hall–Kier alpha value is -1.06. The fourth-order valence-corrected chi connectivity index (χ4v) is 1.71. The van der Waals surface area contributed by atoms with Crippen LogP contribution in [0.5, 0.6) is 5.75 Å². The van der Waals surface area contributed by atoms with Crippen molar-refractivity contribution >= 4 is 0 Å².